The predicted molar refractivity (Wildman–Crippen MR) is 109 cm³/mol. The fourth-order valence-electron chi connectivity index (χ4n) is 4.64. The van der Waals surface area contributed by atoms with Crippen molar-refractivity contribution in [2.45, 2.75) is 78.4 Å². The molecule has 0 aromatic carbocycles. The molecule has 0 radical (unpaired) electrons. The van der Waals surface area contributed by atoms with Crippen LogP contribution in [0.1, 0.15) is 62.4 Å². The largest absolute Gasteiger partial charge is 0.353 e. The maximum absolute atomic E-state index is 12.6. The number of carbonyl (C=O) groups excluding carboxylic acids is 2. The van der Waals surface area contributed by atoms with Gasteiger partial charge in [-0.1, -0.05) is 19.3 Å². The molecule has 0 bridgehead atoms. The van der Waals surface area contributed by atoms with Crippen molar-refractivity contribution in [1.29, 1.82) is 0 Å². The summed E-state index contributed by atoms with van der Waals surface area (Å²) in [5.74, 6) is 0.581. The number of rotatable bonds is 7. The summed E-state index contributed by atoms with van der Waals surface area (Å²) in [6.45, 7) is 9.80. The van der Waals surface area contributed by atoms with E-state index in [4.69, 9.17) is 0 Å². The normalized spacial score (nSPS) is 21.5. The number of amides is 2. The fraction of sp³-hybridized carbons (Fsp3) is 0.762. The summed E-state index contributed by atoms with van der Waals surface area (Å²) in [4.78, 5) is 27.3. The molecule has 2 heterocycles. The van der Waals surface area contributed by atoms with Crippen LogP contribution in [0.5, 0.6) is 0 Å². The van der Waals surface area contributed by atoms with Crippen molar-refractivity contribution in [3.63, 3.8) is 0 Å². The molecule has 1 unspecified atom stereocenters. The Morgan fingerprint density at radius 1 is 1.25 bits per heavy atom. The topological polar surface area (TPSA) is 79.3 Å². The summed E-state index contributed by atoms with van der Waals surface area (Å²) in [6, 6.07) is -0.351. The lowest BCUT2D eigenvalue weighted by Gasteiger charge is -2.37. The minimum atomic E-state index is -0.351. The van der Waals surface area contributed by atoms with E-state index in [0.29, 0.717) is 19.0 Å². The van der Waals surface area contributed by atoms with Gasteiger partial charge >= 0.3 is 0 Å². The number of hydrogen-bond acceptors (Lipinski definition) is 4. The lowest BCUT2D eigenvalue weighted by Crippen LogP contribution is -2.57. The van der Waals surface area contributed by atoms with Crippen molar-refractivity contribution in [3.8, 4) is 0 Å². The zero-order valence-corrected chi connectivity index (χ0v) is 17.6. The van der Waals surface area contributed by atoms with E-state index >= 15 is 0 Å². The van der Waals surface area contributed by atoms with Crippen molar-refractivity contribution < 1.29 is 9.59 Å². The molecule has 2 aliphatic rings. The zero-order chi connectivity index (χ0) is 20.1. The Balaban J connectivity index is 1.57. The maximum atomic E-state index is 12.6. The summed E-state index contributed by atoms with van der Waals surface area (Å²) < 4.78 is 1.96. The highest BCUT2D eigenvalue weighted by atomic mass is 16.2. The smallest absolute Gasteiger partial charge is 0.237 e. The van der Waals surface area contributed by atoms with Crippen molar-refractivity contribution >= 4 is 11.8 Å². The van der Waals surface area contributed by atoms with Crippen LogP contribution in [0.4, 0.5) is 0 Å². The van der Waals surface area contributed by atoms with Gasteiger partial charge in [0.2, 0.25) is 11.8 Å². The molecule has 1 aromatic heterocycles. The van der Waals surface area contributed by atoms with E-state index in [-0.39, 0.29) is 24.3 Å². The van der Waals surface area contributed by atoms with Crippen molar-refractivity contribution in [1.82, 2.24) is 25.3 Å². The maximum Gasteiger partial charge on any atom is 0.237 e. The van der Waals surface area contributed by atoms with E-state index in [9.17, 15) is 9.59 Å². The van der Waals surface area contributed by atoms with E-state index in [2.05, 4.69) is 27.6 Å². The number of nitrogens with zero attached hydrogens (tertiary/aromatic N) is 3. The van der Waals surface area contributed by atoms with Gasteiger partial charge in [0, 0.05) is 44.0 Å². The summed E-state index contributed by atoms with van der Waals surface area (Å²) >= 11 is 0. The highest BCUT2D eigenvalue weighted by Crippen LogP contribution is 2.26. The van der Waals surface area contributed by atoms with E-state index in [1.54, 1.807) is 0 Å². The van der Waals surface area contributed by atoms with Gasteiger partial charge in [-0.25, -0.2) is 0 Å². The molecule has 0 spiro atoms. The second-order valence-corrected chi connectivity index (χ2v) is 8.25. The number of aromatic nitrogens is 2. The van der Waals surface area contributed by atoms with Gasteiger partial charge in [0.15, 0.2) is 0 Å². The average molecular weight is 390 g/mol. The second-order valence-electron chi connectivity index (χ2n) is 8.25. The first-order valence-corrected chi connectivity index (χ1v) is 10.8. The van der Waals surface area contributed by atoms with Crippen LogP contribution in [0.15, 0.2) is 0 Å². The molecule has 156 valence electrons. The van der Waals surface area contributed by atoms with Crippen LogP contribution in [0.2, 0.25) is 0 Å². The Labute approximate surface area is 168 Å². The molecule has 7 nitrogen and oxygen atoms in total. The molecule has 3 rings (SSSR count). The minimum Gasteiger partial charge on any atom is -0.353 e. The predicted octanol–water partition coefficient (Wildman–Crippen LogP) is 1.91. The fourth-order valence-corrected chi connectivity index (χ4v) is 4.64. The molecule has 28 heavy (non-hydrogen) atoms. The van der Waals surface area contributed by atoms with E-state index in [0.717, 1.165) is 36.6 Å². The Bertz CT molecular complexity index is 693. The van der Waals surface area contributed by atoms with Crippen molar-refractivity contribution in [2.75, 3.05) is 19.6 Å². The Hall–Kier alpha value is -1.89. The number of piperazine rings is 1. The molecule has 7 heteroatoms. The molecule has 1 aromatic rings. The van der Waals surface area contributed by atoms with Crippen LogP contribution in [-0.2, 0) is 22.7 Å². The molecule has 1 saturated heterocycles. The first-order valence-electron chi connectivity index (χ1n) is 10.8. The quantitative estimate of drug-likeness (QED) is 0.747. The highest BCUT2D eigenvalue weighted by Gasteiger charge is 2.33. The number of nitrogens with one attached hydrogen (secondary N) is 2. The molecule has 2 amide bonds. The Morgan fingerprint density at radius 3 is 2.68 bits per heavy atom. The second kappa shape index (κ2) is 9.54. The lowest BCUT2D eigenvalue weighted by atomic mass is 9.88. The third-order valence-corrected chi connectivity index (χ3v) is 6.33. The van der Waals surface area contributed by atoms with Gasteiger partial charge in [0.05, 0.1) is 18.2 Å². The summed E-state index contributed by atoms with van der Waals surface area (Å²) in [5.41, 5.74) is 3.12. The van der Waals surface area contributed by atoms with Crippen LogP contribution >= 0.6 is 0 Å². The van der Waals surface area contributed by atoms with Crippen molar-refractivity contribution in [3.05, 3.63) is 17.0 Å². The lowest BCUT2D eigenvalue weighted by molar-refractivity contribution is -0.134. The molecule has 1 atom stereocenters. The van der Waals surface area contributed by atoms with Gasteiger partial charge < -0.3 is 10.6 Å². The molecule has 1 saturated carbocycles. The van der Waals surface area contributed by atoms with E-state index < -0.39 is 0 Å². The van der Waals surface area contributed by atoms with Crippen LogP contribution in [0, 0.1) is 19.8 Å². The van der Waals surface area contributed by atoms with Crippen LogP contribution in [-0.4, -0.2) is 52.2 Å². The van der Waals surface area contributed by atoms with Gasteiger partial charge in [-0.05, 0) is 39.5 Å². The summed E-state index contributed by atoms with van der Waals surface area (Å²) in [6.07, 6.45) is 6.63. The third kappa shape index (κ3) is 4.93. The molecule has 1 aliphatic carbocycles. The number of aryl methyl sites for hydroxylation is 2. The minimum absolute atomic E-state index is 0.0108. The standard InChI is InChI=1S/C21H35N5O2/c1-4-26-16(3)18(15(2)24-26)13-23-20(27)12-19-21(28)22-10-11-25(19)14-17-8-6-5-7-9-17/h17,19H,4-14H2,1-3H3,(H,22,28)(H,23,27). The molecular formula is C21H35N5O2. The van der Waals surface area contributed by atoms with Crippen LogP contribution < -0.4 is 10.6 Å². The first-order chi connectivity index (χ1) is 13.5. The van der Waals surface area contributed by atoms with Gasteiger partial charge in [-0.3, -0.25) is 19.2 Å². The Kier molecular flexibility index (Phi) is 7.10. The molecule has 1 aliphatic heterocycles. The summed E-state index contributed by atoms with van der Waals surface area (Å²) in [5, 5.41) is 10.4. The highest BCUT2D eigenvalue weighted by molar-refractivity contribution is 5.88. The van der Waals surface area contributed by atoms with Gasteiger partial charge in [0.1, 0.15) is 0 Å². The van der Waals surface area contributed by atoms with Crippen LogP contribution in [0.25, 0.3) is 0 Å². The monoisotopic (exact) mass is 389 g/mol. The molecular weight excluding hydrogens is 354 g/mol. The van der Waals surface area contributed by atoms with Gasteiger partial charge in [-0.15, -0.1) is 0 Å². The van der Waals surface area contributed by atoms with Crippen LogP contribution in [0.3, 0.4) is 0 Å². The zero-order valence-electron chi connectivity index (χ0n) is 17.6. The SMILES string of the molecule is CCn1nc(C)c(CNC(=O)CC2C(=O)NCCN2CC2CCCCC2)c1C. The van der Waals surface area contributed by atoms with Crippen molar-refractivity contribution in [2.24, 2.45) is 5.92 Å². The Morgan fingerprint density at radius 2 is 2.00 bits per heavy atom. The molecule has 2 N–H and O–H groups in total. The van der Waals surface area contributed by atoms with Gasteiger partial charge in [-0.2, -0.15) is 5.10 Å². The van der Waals surface area contributed by atoms with E-state index in [1.165, 1.54) is 32.1 Å². The summed E-state index contributed by atoms with van der Waals surface area (Å²) in [7, 11) is 0. The number of hydrogen-bond donors (Lipinski definition) is 2. The molecule has 2 fully saturated rings. The van der Waals surface area contributed by atoms with Gasteiger partial charge in [0.25, 0.3) is 0 Å². The van der Waals surface area contributed by atoms with E-state index in [1.807, 2.05) is 18.5 Å². The number of carbonyl (C=O) groups is 2. The third-order valence-electron chi connectivity index (χ3n) is 6.33. The first kappa shape index (κ1) is 20.8. The average Bonchev–Trinajstić information content (AvgIpc) is 2.97.